The number of aldehydes is 1. The van der Waals surface area contributed by atoms with Crippen molar-refractivity contribution in [2.45, 2.75) is 46.1 Å². The fourth-order valence-electron chi connectivity index (χ4n) is 1.77. The van der Waals surface area contributed by atoms with E-state index in [-0.39, 0.29) is 6.10 Å². The molecule has 0 aliphatic rings. The fraction of sp³-hybridized carbons (Fsp3) is 0.533. The second kappa shape index (κ2) is 7.10. The van der Waals surface area contributed by atoms with Crippen LogP contribution in [0.3, 0.4) is 0 Å². The van der Waals surface area contributed by atoms with E-state index in [0.29, 0.717) is 11.3 Å². The first-order valence-corrected chi connectivity index (χ1v) is 6.34. The minimum absolute atomic E-state index is 0.162. The lowest BCUT2D eigenvalue weighted by molar-refractivity contribution is 0.111. The Labute approximate surface area is 104 Å². The zero-order valence-electron chi connectivity index (χ0n) is 11.0. The monoisotopic (exact) mass is 234 g/mol. The van der Waals surface area contributed by atoms with Gasteiger partial charge in [0, 0.05) is 0 Å². The Morgan fingerprint density at radius 2 is 1.88 bits per heavy atom. The van der Waals surface area contributed by atoms with Crippen molar-refractivity contribution in [2.24, 2.45) is 5.92 Å². The van der Waals surface area contributed by atoms with Crippen molar-refractivity contribution in [3.05, 3.63) is 29.8 Å². The zero-order chi connectivity index (χ0) is 12.7. The summed E-state index contributed by atoms with van der Waals surface area (Å²) >= 11 is 0. The molecule has 0 amide bonds. The molecule has 0 aromatic heterocycles. The molecule has 1 aromatic rings. The number of ether oxygens (including phenoxy) is 1. The van der Waals surface area contributed by atoms with E-state index in [0.717, 1.165) is 18.6 Å². The second-order valence-corrected chi connectivity index (χ2v) is 4.91. The maximum atomic E-state index is 10.8. The van der Waals surface area contributed by atoms with Crippen LogP contribution >= 0.6 is 0 Å². The molecular weight excluding hydrogens is 212 g/mol. The topological polar surface area (TPSA) is 26.3 Å². The van der Waals surface area contributed by atoms with Crippen molar-refractivity contribution in [2.75, 3.05) is 0 Å². The fourth-order valence-corrected chi connectivity index (χ4v) is 1.77. The zero-order valence-corrected chi connectivity index (χ0v) is 11.0. The van der Waals surface area contributed by atoms with Gasteiger partial charge in [-0.3, -0.25) is 4.79 Å². The Hall–Kier alpha value is -1.31. The maximum Gasteiger partial charge on any atom is 0.153 e. The van der Waals surface area contributed by atoms with E-state index in [4.69, 9.17) is 4.74 Å². The number of hydrogen-bond donors (Lipinski definition) is 0. The first-order valence-electron chi connectivity index (χ1n) is 6.34. The van der Waals surface area contributed by atoms with Crippen molar-refractivity contribution in [1.29, 1.82) is 0 Å². The van der Waals surface area contributed by atoms with Crippen molar-refractivity contribution < 1.29 is 9.53 Å². The number of benzene rings is 1. The summed E-state index contributed by atoms with van der Waals surface area (Å²) in [5, 5.41) is 0. The summed E-state index contributed by atoms with van der Waals surface area (Å²) in [7, 11) is 0. The lowest BCUT2D eigenvalue weighted by Crippen LogP contribution is -2.13. The summed E-state index contributed by atoms with van der Waals surface area (Å²) in [6.45, 7) is 6.52. The molecule has 0 bridgehead atoms. The smallest absolute Gasteiger partial charge is 0.153 e. The Kier molecular flexibility index (Phi) is 5.75. The van der Waals surface area contributed by atoms with Gasteiger partial charge in [-0.2, -0.15) is 0 Å². The summed E-state index contributed by atoms with van der Waals surface area (Å²) < 4.78 is 5.79. The van der Waals surface area contributed by atoms with Gasteiger partial charge in [0.2, 0.25) is 0 Å². The van der Waals surface area contributed by atoms with Crippen LogP contribution < -0.4 is 4.74 Å². The Balaban J connectivity index is 2.44. The highest BCUT2D eigenvalue weighted by Crippen LogP contribution is 2.19. The summed E-state index contributed by atoms with van der Waals surface area (Å²) in [6.07, 6.45) is 4.43. The average Bonchev–Trinajstić information content (AvgIpc) is 2.29. The van der Waals surface area contributed by atoms with E-state index >= 15 is 0 Å². The number of rotatable bonds is 7. The Morgan fingerprint density at radius 3 is 2.53 bits per heavy atom. The third-order valence-corrected chi connectivity index (χ3v) is 2.77. The molecule has 1 aromatic carbocycles. The highest BCUT2D eigenvalue weighted by atomic mass is 16.5. The van der Waals surface area contributed by atoms with Crippen LogP contribution in [0.5, 0.6) is 5.75 Å². The van der Waals surface area contributed by atoms with Gasteiger partial charge in [0.15, 0.2) is 6.29 Å². The van der Waals surface area contributed by atoms with Crippen LogP contribution in [0.2, 0.25) is 0 Å². The summed E-state index contributed by atoms with van der Waals surface area (Å²) in [4.78, 5) is 10.8. The molecule has 2 heteroatoms. The van der Waals surface area contributed by atoms with Crippen molar-refractivity contribution >= 4 is 6.29 Å². The minimum atomic E-state index is 0.162. The molecule has 0 radical (unpaired) electrons. The van der Waals surface area contributed by atoms with Gasteiger partial charge < -0.3 is 4.74 Å². The summed E-state index contributed by atoms with van der Waals surface area (Å²) in [6, 6.07) is 7.37. The first-order chi connectivity index (χ1) is 8.13. The van der Waals surface area contributed by atoms with Crippen LogP contribution in [0.15, 0.2) is 24.3 Å². The second-order valence-electron chi connectivity index (χ2n) is 4.91. The SMILES string of the molecule is CC(C)CCCC(C)Oc1ccccc1C=O. The molecule has 2 nitrogen and oxygen atoms in total. The molecule has 0 saturated heterocycles. The highest BCUT2D eigenvalue weighted by Gasteiger charge is 2.07. The summed E-state index contributed by atoms with van der Waals surface area (Å²) in [5.74, 6) is 1.43. The minimum Gasteiger partial charge on any atom is -0.490 e. The van der Waals surface area contributed by atoms with Gasteiger partial charge in [-0.25, -0.2) is 0 Å². The van der Waals surface area contributed by atoms with Gasteiger partial charge in [-0.05, 0) is 37.8 Å². The van der Waals surface area contributed by atoms with E-state index in [1.165, 1.54) is 12.8 Å². The van der Waals surface area contributed by atoms with Crippen LogP contribution in [0.1, 0.15) is 50.4 Å². The molecule has 0 fully saturated rings. The predicted molar refractivity (Wildman–Crippen MR) is 70.6 cm³/mol. The van der Waals surface area contributed by atoms with Crippen LogP contribution in [-0.4, -0.2) is 12.4 Å². The molecule has 0 heterocycles. The first kappa shape index (κ1) is 13.8. The molecule has 0 aliphatic carbocycles. The predicted octanol–water partition coefficient (Wildman–Crippen LogP) is 4.09. The van der Waals surface area contributed by atoms with Crippen molar-refractivity contribution in [3.63, 3.8) is 0 Å². The van der Waals surface area contributed by atoms with E-state index in [1.807, 2.05) is 18.2 Å². The van der Waals surface area contributed by atoms with Gasteiger partial charge in [0.25, 0.3) is 0 Å². The number of carbonyl (C=O) groups is 1. The number of hydrogen-bond acceptors (Lipinski definition) is 2. The molecule has 94 valence electrons. The molecule has 0 spiro atoms. The van der Waals surface area contributed by atoms with Crippen LogP contribution in [-0.2, 0) is 0 Å². The van der Waals surface area contributed by atoms with Gasteiger partial charge in [0.05, 0.1) is 11.7 Å². The maximum absolute atomic E-state index is 10.8. The summed E-state index contributed by atoms with van der Waals surface area (Å²) in [5.41, 5.74) is 0.628. The normalized spacial score (nSPS) is 12.5. The standard InChI is InChI=1S/C15H22O2/c1-12(2)7-6-8-13(3)17-15-10-5-4-9-14(15)11-16/h4-5,9-13H,6-8H2,1-3H3. The van der Waals surface area contributed by atoms with E-state index in [2.05, 4.69) is 20.8 Å². The largest absolute Gasteiger partial charge is 0.490 e. The number of carbonyl (C=O) groups excluding carboxylic acids is 1. The lowest BCUT2D eigenvalue weighted by atomic mass is 10.0. The number of para-hydroxylation sites is 1. The van der Waals surface area contributed by atoms with Gasteiger partial charge >= 0.3 is 0 Å². The van der Waals surface area contributed by atoms with E-state index < -0.39 is 0 Å². The lowest BCUT2D eigenvalue weighted by Gasteiger charge is -2.16. The van der Waals surface area contributed by atoms with Gasteiger partial charge in [0.1, 0.15) is 5.75 Å². The third-order valence-electron chi connectivity index (χ3n) is 2.77. The van der Waals surface area contributed by atoms with Gasteiger partial charge in [-0.15, -0.1) is 0 Å². The highest BCUT2D eigenvalue weighted by molar-refractivity contribution is 5.79. The third kappa shape index (κ3) is 5.03. The molecule has 1 unspecified atom stereocenters. The van der Waals surface area contributed by atoms with Crippen LogP contribution in [0.4, 0.5) is 0 Å². The quantitative estimate of drug-likeness (QED) is 0.664. The molecule has 0 saturated carbocycles. The van der Waals surface area contributed by atoms with Gasteiger partial charge in [-0.1, -0.05) is 32.4 Å². The Bertz CT molecular complexity index is 345. The average molecular weight is 234 g/mol. The molecule has 0 aliphatic heterocycles. The van der Waals surface area contributed by atoms with Crippen LogP contribution in [0.25, 0.3) is 0 Å². The molecule has 1 rings (SSSR count). The Morgan fingerprint density at radius 1 is 1.18 bits per heavy atom. The van der Waals surface area contributed by atoms with Crippen molar-refractivity contribution in [3.8, 4) is 5.75 Å². The van der Waals surface area contributed by atoms with E-state index in [9.17, 15) is 4.79 Å². The molecular formula is C15H22O2. The van der Waals surface area contributed by atoms with Crippen molar-refractivity contribution in [1.82, 2.24) is 0 Å². The molecule has 0 N–H and O–H groups in total. The van der Waals surface area contributed by atoms with E-state index in [1.54, 1.807) is 6.07 Å². The molecule has 1 atom stereocenters. The van der Waals surface area contributed by atoms with Crippen LogP contribution in [0, 0.1) is 5.92 Å². The molecule has 17 heavy (non-hydrogen) atoms.